The molecule has 0 aliphatic heterocycles. The summed E-state index contributed by atoms with van der Waals surface area (Å²) in [5, 5.41) is 12.2. The fourth-order valence-corrected chi connectivity index (χ4v) is 3.87. The van der Waals surface area contributed by atoms with E-state index in [2.05, 4.69) is 20.8 Å². The van der Waals surface area contributed by atoms with Crippen LogP contribution >= 0.6 is 22.9 Å². The van der Waals surface area contributed by atoms with Crippen molar-refractivity contribution in [2.75, 3.05) is 6.54 Å². The van der Waals surface area contributed by atoms with E-state index < -0.39 is 0 Å². The van der Waals surface area contributed by atoms with Crippen LogP contribution in [0.5, 0.6) is 0 Å². The second-order valence-corrected chi connectivity index (χ2v) is 7.76. The fourth-order valence-electron chi connectivity index (χ4n) is 2.63. The van der Waals surface area contributed by atoms with Crippen molar-refractivity contribution in [1.82, 2.24) is 20.8 Å². The molecule has 0 radical (unpaired) electrons. The average Bonchev–Trinajstić information content (AvgIpc) is 2.95. The summed E-state index contributed by atoms with van der Waals surface area (Å²) < 4.78 is 0.762. The largest absolute Gasteiger partial charge is 0.353 e. The van der Waals surface area contributed by atoms with E-state index in [-0.39, 0.29) is 23.8 Å². The zero-order chi connectivity index (χ0) is 17.1. The molecule has 0 spiro atoms. The Bertz CT molecular complexity index is 715. The lowest BCUT2D eigenvalue weighted by Gasteiger charge is -2.14. The number of nitrogens with zero attached hydrogens (tertiary/aromatic N) is 1. The molecule has 2 heterocycles. The van der Waals surface area contributed by atoms with Crippen LogP contribution in [0.15, 0.2) is 24.4 Å². The van der Waals surface area contributed by atoms with Crippen LogP contribution < -0.4 is 10.6 Å². The van der Waals surface area contributed by atoms with Gasteiger partial charge < -0.3 is 10.6 Å². The number of hydrogen-bond acceptors (Lipinski definition) is 4. The van der Waals surface area contributed by atoms with Crippen LogP contribution in [0.1, 0.15) is 41.0 Å². The number of aromatic nitrogens is 2. The molecule has 2 aromatic heterocycles. The molecule has 1 fully saturated rings. The summed E-state index contributed by atoms with van der Waals surface area (Å²) in [4.78, 5) is 25.2. The van der Waals surface area contributed by atoms with E-state index in [1.165, 1.54) is 11.1 Å². The second-order valence-electron chi connectivity index (χ2n) is 6.02. The molecule has 1 aliphatic rings. The molecule has 0 aromatic carbocycles. The standard InChI is InChI=1S/C16H19ClN4O2S/c1-9(4-6-18-16(23)12-5-7-19-21-12)20-15(22)11-8-10(11)13-2-3-14(17)24-13/h2-3,5,7,9-11H,4,6,8H2,1H3,(H,18,23)(H,19,21)(H,20,22)/t9-,10+,11+/m0/s1. The van der Waals surface area contributed by atoms with Crippen molar-refractivity contribution in [3.8, 4) is 0 Å². The molecule has 3 atom stereocenters. The third-order valence-corrected chi connectivity index (χ3v) is 5.45. The lowest BCUT2D eigenvalue weighted by atomic mass is 10.2. The Hall–Kier alpha value is -1.86. The Morgan fingerprint density at radius 3 is 2.96 bits per heavy atom. The van der Waals surface area contributed by atoms with Crippen molar-refractivity contribution in [1.29, 1.82) is 0 Å². The highest BCUT2D eigenvalue weighted by Gasteiger charge is 2.44. The summed E-state index contributed by atoms with van der Waals surface area (Å²) in [6, 6.07) is 5.50. The van der Waals surface area contributed by atoms with Crippen molar-refractivity contribution < 1.29 is 9.59 Å². The average molecular weight is 367 g/mol. The van der Waals surface area contributed by atoms with Gasteiger partial charge in [0.25, 0.3) is 5.91 Å². The maximum atomic E-state index is 12.2. The van der Waals surface area contributed by atoms with Crippen LogP contribution in [-0.4, -0.2) is 34.6 Å². The van der Waals surface area contributed by atoms with Gasteiger partial charge in [0.2, 0.25) is 5.91 Å². The van der Waals surface area contributed by atoms with Crippen LogP contribution in [0.25, 0.3) is 0 Å². The summed E-state index contributed by atoms with van der Waals surface area (Å²) in [6.07, 6.45) is 3.09. The van der Waals surface area contributed by atoms with E-state index >= 15 is 0 Å². The van der Waals surface area contributed by atoms with Gasteiger partial charge in [-0.2, -0.15) is 5.10 Å². The molecule has 2 amide bonds. The minimum absolute atomic E-state index is 0.00717. The first-order chi connectivity index (χ1) is 11.5. The van der Waals surface area contributed by atoms with Crippen LogP contribution in [0.3, 0.4) is 0 Å². The van der Waals surface area contributed by atoms with Gasteiger partial charge in [0.15, 0.2) is 0 Å². The number of H-pyrrole nitrogens is 1. The van der Waals surface area contributed by atoms with Gasteiger partial charge in [-0.05, 0) is 38.0 Å². The zero-order valence-corrected chi connectivity index (χ0v) is 14.8. The topological polar surface area (TPSA) is 86.9 Å². The van der Waals surface area contributed by atoms with E-state index in [0.29, 0.717) is 24.6 Å². The minimum atomic E-state index is -0.192. The highest BCUT2D eigenvalue weighted by atomic mass is 35.5. The van der Waals surface area contributed by atoms with Crippen LogP contribution in [-0.2, 0) is 4.79 Å². The van der Waals surface area contributed by atoms with Gasteiger partial charge in [-0.25, -0.2) is 0 Å². The summed E-state index contributed by atoms with van der Waals surface area (Å²) in [7, 11) is 0. The molecular formula is C16H19ClN4O2S. The maximum Gasteiger partial charge on any atom is 0.269 e. The molecule has 128 valence electrons. The van der Waals surface area contributed by atoms with E-state index in [9.17, 15) is 9.59 Å². The SMILES string of the molecule is C[C@@H](CCNC(=O)c1ccn[nH]1)NC(=O)[C@@H]1C[C@H]1c1ccc(Cl)s1. The maximum absolute atomic E-state index is 12.2. The lowest BCUT2D eigenvalue weighted by molar-refractivity contribution is -0.123. The lowest BCUT2D eigenvalue weighted by Crippen LogP contribution is -2.37. The summed E-state index contributed by atoms with van der Waals surface area (Å²) in [5.74, 6) is 0.233. The molecule has 8 heteroatoms. The Morgan fingerprint density at radius 2 is 2.29 bits per heavy atom. The Kier molecular flexibility index (Phi) is 5.20. The quantitative estimate of drug-likeness (QED) is 0.703. The number of aromatic amines is 1. The first-order valence-corrected chi connectivity index (χ1v) is 9.07. The molecule has 3 rings (SSSR count). The van der Waals surface area contributed by atoms with Crippen molar-refractivity contribution in [3.05, 3.63) is 39.3 Å². The van der Waals surface area contributed by atoms with Crippen LogP contribution in [0.4, 0.5) is 0 Å². The van der Waals surface area contributed by atoms with Crippen molar-refractivity contribution in [2.45, 2.75) is 31.7 Å². The van der Waals surface area contributed by atoms with E-state index in [4.69, 9.17) is 11.6 Å². The van der Waals surface area contributed by atoms with Crippen molar-refractivity contribution >= 4 is 34.8 Å². The van der Waals surface area contributed by atoms with Gasteiger partial charge >= 0.3 is 0 Å². The van der Waals surface area contributed by atoms with Crippen molar-refractivity contribution in [3.63, 3.8) is 0 Å². The van der Waals surface area contributed by atoms with Gasteiger partial charge in [-0.1, -0.05) is 11.6 Å². The number of hydrogen-bond donors (Lipinski definition) is 3. The van der Waals surface area contributed by atoms with E-state index in [0.717, 1.165) is 10.8 Å². The third-order valence-electron chi connectivity index (χ3n) is 4.08. The number of carbonyl (C=O) groups excluding carboxylic acids is 2. The number of carbonyl (C=O) groups is 2. The van der Waals surface area contributed by atoms with Crippen LogP contribution in [0, 0.1) is 5.92 Å². The van der Waals surface area contributed by atoms with Gasteiger partial charge in [-0.15, -0.1) is 11.3 Å². The third kappa shape index (κ3) is 4.15. The predicted molar refractivity (Wildman–Crippen MR) is 93.3 cm³/mol. The van der Waals surface area contributed by atoms with Crippen molar-refractivity contribution in [2.24, 2.45) is 5.92 Å². The Balaban J connectivity index is 1.37. The fraction of sp³-hybridized carbons (Fsp3) is 0.438. The Labute approximate surface area is 149 Å². The van der Waals surface area contributed by atoms with Gasteiger partial charge in [0.1, 0.15) is 5.69 Å². The second kappa shape index (κ2) is 7.36. The molecular weight excluding hydrogens is 348 g/mol. The normalized spacial score (nSPS) is 20.4. The minimum Gasteiger partial charge on any atom is -0.353 e. The number of halogens is 1. The molecule has 1 saturated carbocycles. The summed E-state index contributed by atoms with van der Waals surface area (Å²) in [6.45, 7) is 2.44. The molecule has 6 nitrogen and oxygen atoms in total. The molecule has 3 N–H and O–H groups in total. The molecule has 0 unspecified atom stereocenters. The molecule has 0 saturated heterocycles. The highest BCUT2D eigenvalue weighted by molar-refractivity contribution is 7.16. The smallest absolute Gasteiger partial charge is 0.269 e. The highest BCUT2D eigenvalue weighted by Crippen LogP contribution is 2.50. The zero-order valence-electron chi connectivity index (χ0n) is 13.2. The summed E-state index contributed by atoms with van der Waals surface area (Å²) in [5.41, 5.74) is 0.433. The summed E-state index contributed by atoms with van der Waals surface area (Å²) >= 11 is 7.48. The van der Waals surface area contributed by atoms with Crippen LogP contribution in [0.2, 0.25) is 4.34 Å². The van der Waals surface area contributed by atoms with Gasteiger partial charge in [-0.3, -0.25) is 14.7 Å². The number of thiophene rings is 1. The number of nitrogens with one attached hydrogen (secondary N) is 3. The van der Waals surface area contributed by atoms with E-state index in [1.807, 2.05) is 19.1 Å². The molecule has 2 aromatic rings. The Morgan fingerprint density at radius 1 is 1.46 bits per heavy atom. The molecule has 1 aliphatic carbocycles. The van der Waals surface area contributed by atoms with Gasteiger partial charge in [0.05, 0.1) is 4.34 Å². The van der Waals surface area contributed by atoms with E-state index in [1.54, 1.807) is 17.4 Å². The number of amides is 2. The van der Waals surface area contributed by atoms with Gasteiger partial charge in [0, 0.05) is 35.5 Å². The number of rotatable bonds is 7. The molecule has 0 bridgehead atoms. The molecule has 24 heavy (non-hydrogen) atoms. The first-order valence-electron chi connectivity index (χ1n) is 7.87. The predicted octanol–water partition coefficient (Wildman–Crippen LogP) is 2.55. The first kappa shape index (κ1) is 17.0. The monoisotopic (exact) mass is 366 g/mol.